The molecule has 0 unspecified atom stereocenters. The van der Waals surface area contributed by atoms with E-state index in [9.17, 15) is 4.79 Å². The molecule has 24 heavy (non-hydrogen) atoms. The lowest BCUT2D eigenvalue weighted by Gasteiger charge is -2.35. The summed E-state index contributed by atoms with van der Waals surface area (Å²) in [6.07, 6.45) is 1.28. The predicted octanol–water partition coefficient (Wildman–Crippen LogP) is 2.09. The molecule has 1 fully saturated rings. The number of methoxy groups -OCH3 is 1. The fourth-order valence-corrected chi connectivity index (χ4v) is 2.85. The normalized spacial score (nSPS) is 16.3. The number of hydrogen-bond donors (Lipinski definition) is 1. The lowest BCUT2D eigenvalue weighted by atomic mass is 10.1. The average molecular weight is 333 g/mol. The summed E-state index contributed by atoms with van der Waals surface area (Å²) in [5.41, 5.74) is 0.675. The maximum Gasteiger partial charge on any atom is 0.251 e. The van der Waals surface area contributed by atoms with Crippen LogP contribution in [0.2, 0.25) is 0 Å². The molecule has 2 rings (SSSR count). The minimum absolute atomic E-state index is 0.0202. The first-order valence-electron chi connectivity index (χ1n) is 8.95. The van der Waals surface area contributed by atoms with Gasteiger partial charge in [0.15, 0.2) is 0 Å². The van der Waals surface area contributed by atoms with Crippen LogP contribution in [0.15, 0.2) is 24.3 Å². The molecule has 5 heteroatoms. The number of rotatable bonds is 8. The molecule has 1 N–H and O–H groups in total. The van der Waals surface area contributed by atoms with Gasteiger partial charge in [-0.1, -0.05) is 13.8 Å². The van der Waals surface area contributed by atoms with E-state index in [2.05, 4.69) is 29.0 Å². The van der Waals surface area contributed by atoms with Crippen molar-refractivity contribution in [1.29, 1.82) is 0 Å². The highest BCUT2D eigenvalue weighted by molar-refractivity contribution is 5.94. The Morgan fingerprint density at radius 1 is 1.08 bits per heavy atom. The van der Waals surface area contributed by atoms with Crippen LogP contribution < -0.4 is 10.1 Å². The quantitative estimate of drug-likeness (QED) is 0.791. The zero-order valence-electron chi connectivity index (χ0n) is 15.3. The van der Waals surface area contributed by atoms with Crippen molar-refractivity contribution in [2.45, 2.75) is 20.3 Å². The predicted molar refractivity (Wildman–Crippen MR) is 97.7 cm³/mol. The Hall–Kier alpha value is -1.59. The molecule has 0 aromatic heterocycles. The van der Waals surface area contributed by atoms with Crippen molar-refractivity contribution >= 4 is 5.91 Å². The standard InChI is InChI=1S/C19H31N3O2/c1-16(2)8-10-21-12-14-22(15-13-21)11-9-20-19(23)17-4-6-18(24-3)7-5-17/h4-7,16H,8-15H2,1-3H3,(H,20,23). The van der Waals surface area contributed by atoms with Crippen molar-refractivity contribution in [3.05, 3.63) is 29.8 Å². The van der Waals surface area contributed by atoms with Crippen LogP contribution in [0.25, 0.3) is 0 Å². The molecular weight excluding hydrogens is 302 g/mol. The molecule has 0 aliphatic carbocycles. The Kier molecular flexibility index (Phi) is 7.53. The summed E-state index contributed by atoms with van der Waals surface area (Å²) in [6, 6.07) is 7.21. The molecule has 0 bridgehead atoms. The third-order valence-corrected chi connectivity index (χ3v) is 4.55. The van der Waals surface area contributed by atoms with Crippen LogP contribution in [-0.2, 0) is 0 Å². The van der Waals surface area contributed by atoms with Crippen molar-refractivity contribution in [3.63, 3.8) is 0 Å². The zero-order chi connectivity index (χ0) is 17.4. The lowest BCUT2D eigenvalue weighted by Crippen LogP contribution is -2.48. The van der Waals surface area contributed by atoms with E-state index < -0.39 is 0 Å². The summed E-state index contributed by atoms with van der Waals surface area (Å²) in [5, 5.41) is 3.00. The van der Waals surface area contributed by atoms with E-state index >= 15 is 0 Å². The first kappa shape index (κ1) is 18.7. The second-order valence-corrected chi connectivity index (χ2v) is 6.85. The highest BCUT2D eigenvalue weighted by Crippen LogP contribution is 2.11. The van der Waals surface area contributed by atoms with Gasteiger partial charge in [-0.3, -0.25) is 9.69 Å². The maximum absolute atomic E-state index is 12.1. The number of nitrogens with one attached hydrogen (secondary N) is 1. The van der Waals surface area contributed by atoms with E-state index in [4.69, 9.17) is 4.74 Å². The molecule has 1 aliphatic heterocycles. The first-order valence-corrected chi connectivity index (χ1v) is 8.95. The molecule has 1 aromatic rings. The van der Waals surface area contributed by atoms with Gasteiger partial charge >= 0.3 is 0 Å². The lowest BCUT2D eigenvalue weighted by molar-refractivity contribution is 0.0935. The van der Waals surface area contributed by atoms with Crippen molar-refractivity contribution in [2.24, 2.45) is 5.92 Å². The fourth-order valence-electron chi connectivity index (χ4n) is 2.85. The van der Waals surface area contributed by atoms with Gasteiger partial charge < -0.3 is 15.0 Å². The van der Waals surface area contributed by atoms with Crippen molar-refractivity contribution in [1.82, 2.24) is 15.1 Å². The second kappa shape index (κ2) is 9.64. The summed E-state index contributed by atoms with van der Waals surface area (Å²) in [6.45, 7) is 11.8. The number of piperazine rings is 1. The Morgan fingerprint density at radius 3 is 2.21 bits per heavy atom. The van der Waals surface area contributed by atoms with Gasteiger partial charge in [0.2, 0.25) is 0 Å². The van der Waals surface area contributed by atoms with Gasteiger partial charge in [0.25, 0.3) is 5.91 Å². The van der Waals surface area contributed by atoms with E-state index in [1.54, 1.807) is 19.2 Å². The molecule has 1 aromatic carbocycles. The van der Waals surface area contributed by atoms with E-state index in [1.807, 2.05) is 12.1 Å². The minimum atomic E-state index is -0.0202. The van der Waals surface area contributed by atoms with Crippen LogP contribution in [0.5, 0.6) is 5.75 Å². The zero-order valence-corrected chi connectivity index (χ0v) is 15.3. The van der Waals surface area contributed by atoms with Gasteiger partial charge in [0, 0.05) is 44.8 Å². The molecule has 1 saturated heterocycles. The summed E-state index contributed by atoms with van der Waals surface area (Å²) < 4.78 is 5.11. The fraction of sp³-hybridized carbons (Fsp3) is 0.632. The van der Waals surface area contributed by atoms with Gasteiger partial charge in [0.05, 0.1) is 7.11 Å². The van der Waals surface area contributed by atoms with Gasteiger partial charge in [-0.2, -0.15) is 0 Å². The molecular formula is C19H31N3O2. The third-order valence-electron chi connectivity index (χ3n) is 4.55. The SMILES string of the molecule is COc1ccc(C(=O)NCCN2CCN(CCC(C)C)CC2)cc1. The molecule has 1 aliphatic rings. The highest BCUT2D eigenvalue weighted by Gasteiger charge is 2.16. The summed E-state index contributed by atoms with van der Waals surface area (Å²) in [7, 11) is 1.62. The van der Waals surface area contributed by atoms with Crippen molar-refractivity contribution in [2.75, 3.05) is 52.9 Å². The highest BCUT2D eigenvalue weighted by atomic mass is 16.5. The Morgan fingerprint density at radius 2 is 1.67 bits per heavy atom. The Bertz CT molecular complexity index is 494. The Balaban J connectivity index is 1.63. The van der Waals surface area contributed by atoms with Crippen LogP contribution in [-0.4, -0.2) is 68.6 Å². The molecule has 0 atom stereocenters. The monoisotopic (exact) mass is 333 g/mol. The van der Waals surface area contributed by atoms with Crippen molar-refractivity contribution < 1.29 is 9.53 Å². The molecule has 1 heterocycles. The van der Waals surface area contributed by atoms with Crippen LogP contribution in [0.3, 0.4) is 0 Å². The minimum Gasteiger partial charge on any atom is -0.497 e. The largest absolute Gasteiger partial charge is 0.497 e. The summed E-state index contributed by atoms with van der Waals surface area (Å²) in [5.74, 6) is 1.52. The van der Waals surface area contributed by atoms with E-state index in [-0.39, 0.29) is 5.91 Å². The summed E-state index contributed by atoms with van der Waals surface area (Å²) in [4.78, 5) is 17.1. The smallest absolute Gasteiger partial charge is 0.251 e. The Labute approximate surface area is 146 Å². The van der Waals surface area contributed by atoms with Crippen LogP contribution in [0.1, 0.15) is 30.6 Å². The van der Waals surface area contributed by atoms with Gasteiger partial charge in [0.1, 0.15) is 5.75 Å². The average Bonchev–Trinajstić information content (AvgIpc) is 2.61. The number of carbonyl (C=O) groups is 1. The van der Waals surface area contributed by atoms with Gasteiger partial charge in [-0.25, -0.2) is 0 Å². The number of benzene rings is 1. The molecule has 0 saturated carbocycles. The molecule has 5 nitrogen and oxygen atoms in total. The third kappa shape index (κ3) is 6.13. The van der Waals surface area contributed by atoms with Crippen molar-refractivity contribution in [3.8, 4) is 5.75 Å². The number of nitrogens with zero attached hydrogens (tertiary/aromatic N) is 2. The van der Waals surface area contributed by atoms with Gasteiger partial charge in [-0.15, -0.1) is 0 Å². The maximum atomic E-state index is 12.1. The molecule has 0 spiro atoms. The van der Waals surface area contributed by atoms with Crippen LogP contribution in [0, 0.1) is 5.92 Å². The topological polar surface area (TPSA) is 44.8 Å². The number of ether oxygens (including phenoxy) is 1. The van der Waals surface area contributed by atoms with E-state index in [0.29, 0.717) is 12.1 Å². The number of hydrogen-bond acceptors (Lipinski definition) is 4. The van der Waals surface area contributed by atoms with Gasteiger partial charge in [-0.05, 0) is 43.1 Å². The summed E-state index contributed by atoms with van der Waals surface area (Å²) >= 11 is 0. The van der Waals surface area contributed by atoms with Crippen LogP contribution >= 0.6 is 0 Å². The molecule has 1 amide bonds. The first-order chi connectivity index (χ1) is 11.6. The van der Waals surface area contributed by atoms with Crippen LogP contribution in [0.4, 0.5) is 0 Å². The van der Waals surface area contributed by atoms with E-state index in [0.717, 1.165) is 44.4 Å². The number of amides is 1. The molecule has 134 valence electrons. The van der Waals surface area contributed by atoms with E-state index in [1.165, 1.54) is 13.0 Å². The second-order valence-electron chi connectivity index (χ2n) is 6.85. The number of carbonyl (C=O) groups excluding carboxylic acids is 1. The molecule has 0 radical (unpaired) electrons.